The van der Waals surface area contributed by atoms with Crippen LogP contribution in [0.1, 0.15) is 29.7 Å². The predicted molar refractivity (Wildman–Crippen MR) is 143 cm³/mol. The second-order valence-corrected chi connectivity index (χ2v) is 9.71. The van der Waals surface area contributed by atoms with E-state index in [9.17, 15) is 19.3 Å². The minimum absolute atomic E-state index is 0.0227. The normalized spacial score (nSPS) is 14.6. The zero-order chi connectivity index (χ0) is 26.8. The van der Waals surface area contributed by atoms with E-state index in [4.69, 9.17) is 0 Å². The second-order valence-electron chi connectivity index (χ2n) is 8.77. The van der Waals surface area contributed by atoms with Crippen LogP contribution in [-0.4, -0.2) is 25.6 Å². The highest BCUT2D eigenvalue weighted by atomic mass is 32.2. The average Bonchev–Trinajstić information content (AvgIpc) is 3.30. The monoisotopic (exact) mass is 530 g/mol. The molecule has 0 fully saturated rings. The van der Waals surface area contributed by atoms with Gasteiger partial charge in [0.25, 0.3) is 11.6 Å². The number of aryl methyl sites for hydroxylation is 1. The highest BCUT2D eigenvalue weighted by Gasteiger charge is 2.34. The first kappa shape index (κ1) is 25.2. The Hall–Kier alpha value is -4.51. The standard InChI is InChI=1S/C27H23FN6O3S/c1-16-6-3-4-9-22(16)30-25(35)23-17(2)29-26-31-27(38-15-18-10-12-21(13-11-18)34(36)37)32-33(26)24(23)19-7-5-8-20(28)14-19/h3-14,24H,15H2,1-2H3,(H,30,35)(H,29,31,32). The Labute approximate surface area is 221 Å². The van der Waals surface area contributed by atoms with Gasteiger partial charge in [-0.1, -0.05) is 54.2 Å². The van der Waals surface area contributed by atoms with E-state index in [2.05, 4.69) is 20.7 Å². The summed E-state index contributed by atoms with van der Waals surface area (Å²) in [5.41, 5.74) is 4.01. The molecule has 3 aromatic carbocycles. The third kappa shape index (κ3) is 5.14. The number of aromatic nitrogens is 3. The van der Waals surface area contributed by atoms with Crippen molar-refractivity contribution in [1.29, 1.82) is 0 Å². The van der Waals surface area contributed by atoms with Crippen molar-refractivity contribution in [2.45, 2.75) is 30.8 Å². The molecule has 1 aromatic heterocycles. The first-order valence-corrected chi connectivity index (χ1v) is 12.7. The molecule has 5 rings (SSSR count). The number of nitrogens with zero attached hydrogens (tertiary/aromatic N) is 4. The lowest BCUT2D eigenvalue weighted by Crippen LogP contribution is -2.31. The van der Waals surface area contributed by atoms with Gasteiger partial charge in [0.1, 0.15) is 11.9 Å². The highest BCUT2D eigenvalue weighted by Crippen LogP contribution is 2.37. The summed E-state index contributed by atoms with van der Waals surface area (Å²) in [6.45, 7) is 3.69. The number of thioether (sulfide) groups is 1. The maximum atomic E-state index is 14.3. The summed E-state index contributed by atoms with van der Waals surface area (Å²) in [7, 11) is 0. The van der Waals surface area contributed by atoms with Crippen LogP contribution in [0.4, 0.5) is 21.7 Å². The maximum absolute atomic E-state index is 14.3. The number of hydrogen-bond acceptors (Lipinski definition) is 7. The molecule has 0 radical (unpaired) electrons. The van der Waals surface area contributed by atoms with E-state index in [0.717, 1.165) is 11.1 Å². The van der Waals surface area contributed by atoms with Crippen molar-refractivity contribution in [2.24, 2.45) is 0 Å². The molecule has 1 atom stereocenters. The number of nitro benzene ring substituents is 1. The summed E-state index contributed by atoms with van der Waals surface area (Å²) in [6, 6.07) is 19.1. The Morgan fingerprint density at radius 3 is 2.61 bits per heavy atom. The lowest BCUT2D eigenvalue weighted by Gasteiger charge is -2.28. The van der Waals surface area contributed by atoms with E-state index in [0.29, 0.717) is 39.4 Å². The number of halogens is 1. The van der Waals surface area contributed by atoms with Crippen molar-refractivity contribution in [2.75, 3.05) is 10.6 Å². The first-order chi connectivity index (χ1) is 18.3. The summed E-state index contributed by atoms with van der Waals surface area (Å²) < 4.78 is 15.9. The van der Waals surface area contributed by atoms with Crippen molar-refractivity contribution in [3.05, 3.63) is 117 Å². The molecule has 2 N–H and O–H groups in total. The molecule has 0 spiro atoms. The molecule has 0 bridgehead atoms. The van der Waals surface area contributed by atoms with E-state index < -0.39 is 16.8 Å². The van der Waals surface area contributed by atoms with Crippen LogP contribution in [0.3, 0.4) is 0 Å². The number of allylic oxidation sites excluding steroid dienone is 1. The van der Waals surface area contributed by atoms with Crippen LogP contribution in [0.2, 0.25) is 0 Å². The smallest absolute Gasteiger partial charge is 0.269 e. The first-order valence-electron chi connectivity index (χ1n) is 11.7. The fourth-order valence-electron chi connectivity index (χ4n) is 4.24. The third-order valence-electron chi connectivity index (χ3n) is 6.15. The Kier molecular flexibility index (Phi) is 6.93. The fourth-order valence-corrected chi connectivity index (χ4v) is 5.02. The largest absolute Gasteiger partial charge is 0.328 e. The van der Waals surface area contributed by atoms with Gasteiger partial charge in [-0.2, -0.15) is 4.98 Å². The van der Waals surface area contributed by atoms with Crippen LogP contribution >= 0.6 is 11.8 Å². The quantitative estimate of drug-likeness (QED) is 0.175. The molecule has 38 heavy (non-hydrogen) atoms. The van der Waals surface area contributed by atoms with E-state index in [1.165, 1.54) is 36.0 Å². The van der Waals surface area contributed by atoms with Gasteiger partial charge in [-0.25, -0.2) is 9.07 Å². The molecule has 192 valence electrons. The number of hydrogen-bond donors (Lipinski definition) is 2. The summed E-state index contributed by atoms with van der Waals surface area (Å²) in [5, 5.41) is 22.2. The molecule has 0 saturated heterocycles. The third-order valence-corrected chi connectivity index (χ3v) is 7.06. The minimum atomic E-state index is -0.716. The number of nitro groups is 1. The number of amides is 1. The lowest BCUT2D eigenvalue weighted by atomic mass is 9.95. The molecule has 1 aliphatic rings. The van der Waals surface area contributed by atoms with Gasteiger partial charge in [0, 0.05) is 29.3 Å². The van der Waals surface area contributed by atoms with E-state index in [-0.39, 0.29) is 11.6 Å². The zero-order valence-electron chi connectivity index (χ0n) is 20.5. The van der Waals surface area contributed by atoms with Gasteiger partial charge in [0.05, 0.1) is 10.5 Å². The SMILES string of the molecule is CC1=C(C(=O)Nc2ccccc2C)C(c2cccc(F)c2)n2nc(SCc3ccc([N+](=O)[O-])cc3)nc2N1. The van der Waals surface area contributed by atoms with Gasteiger partial charge >= 0.3 is 0 Å². The van der Waals surface area contributed by atoms with Crippen LogP contribution in [0, 0.1) is 22.9 Å². The molecular weight excluding hydrogens is 507 g/mol. The number of carbonyl (C=O) groups excluding carboxylic acids is 1. The Balaban J connectivity index is 1.46. The van der Waals surface area contributed by atoms with Crippen molar-refractivity contribution in [3.8, 4) is 0 Å². The Morgan fingerprint density at radius 2 is 1.89 bits per heavy atom. The van der Waals surface area contributed by atoms with Crippen molar-refractivity contribution < 1.29 is 14.1 Å². The maximum Gasteiger partial charge on any atom is 0.269 e. The minimum Gasteiger partial charge on any atom is -0.328 e. The van der Waals surface area contributed by atoms with Gasteiger partial charge in [-0.05, 0) is 48.7 Å². The van der Waals surface area contributed by atoms with Crippen molar-refractivity contribution in [1.82, 2.24) is 14.8 Å². The van der Waals surface area contributed by atoms with Crippen LogP contribution in [0.15, 0.2) is 89.2 Å². The molecule has 1 aliphatic heterocycles. The molecule has 2 heterocycles. The number of nitrogens with one attached hydrogen (secondary N) is 2. The van der Waals surface area contributed by atoms with Gasteiger partial charge in [-0.3, -0.25) is 14.9 Å². The summed E-state index contributed by atoms with van der Waals surface area (Å²) >= 11 is 1.35. The molecule has 1 unspecified atom stereocenters. The number of non-ortho nitro benzene ring substituents is 1. The second kappa shape index (κ2) is 10.5. The number of rotatable bonds is 7. The van der Waals surface area contributed by atoms with Crippen LogP contribution in [0.5, 0.6) is 0 Å². The summed E-state index contributed by atoms with van der Waals surface area (Å²) in [4.78, 5) is 28.6. The molecule has 1 amide bonds. The van der Waals surface area contributed by atoms with Crippen molar-refractivity contribution in [3.63, 3.8) is 0 Å². The van der Waals surface area contributed by atoms with E-state index >= 15 is 0 Å². The zero-order valence-corrected chi connectivity index (χ0v) is 21.3. The number of benzene rings is 3. The molecule has 4 aromatic rings. The molecule has 0 saturated carbocycles. The van der Waals surface area contributed by atoms with Crippen LogP contribution in [-0.2, 0) is 10.5 Å². The van der Waals surface area contributed by atoms with Crippen LogP contribution < -0.4 is 10.6 Å². The number of anilines is 2. The average molecular weight is 531 g/mol. The molecular formula is C27H23FN6O3S. The number of carbonyl (C=O) groups is 1. The summed E-state index contributed by atoms with van der Waals surface area (Å²) in [5.74, 6) is 0.154. The van der Waals surface area contributed by atoms with E-state index in [1.807, 2.05) is 31.2 Å². The summed E-state index contributed by atoms with van der Waals surface area (Å²) in [6.07, 6.45) is 0. The van der Waals surface area contributed by atoms with Gasteiger partial charge < -0.3 is 10.6 Å². The Morgan fingerprint density at radius 1 is 1.13 bits per heavy atom. The molecule has 9 nitrogen and oxygen atoms in total. The molecule has 0 aliphatic carbocycles. The van der Waals surface area contributed by atoms with Crippen molar-refractivity contribution >= 4 is 35.0 Å². The highest BCUT2D eigenvalue weighted by molar-refractivity contribution is 7.98. The van der Waals surface area contributed by atoms with Crippen LogP contribution in [0.25, 0.3) is 0 Å². The predicted octanol–water partition coefficient (Wildman–Crippen LogP) is 5.85. The topological polar surface area (TPSA) is 115 Å². The van der Waals surface area contributed by atoms with E-state index in [1.54, 1.807) is 35.9 Å². The van der Waals surface area contributed by atoms with Gasteiger partial charge in [-0.15, -0.1) is 5.10 Å². The fraction of sp³-hybridized carbons (Fsp3) is 0.148. The molecule has 11 heteroatoms. The Bertz CT molecular complexity index is 1570. The number of fused-ring (bicyclic) bond motifs is 1. The number of para-hydroxylation sites is 1. The van der Waals surface area contributed by atoms with Gasteiger partial charge in [0.15, 0.2) is 0 Å². The van der Waals surface area contributed by atoms with Gasteiger partial charge in [0.2, 0.25) is 11.1 Å². The lowest BCUT2D eigenvalue weighted by molar-refractivity contribution is -0.384.